The Hall–Kier alpha value is -0.920. The van der Waals surface area contributed by atoms with Gasteiger partial charge in [-0.15, -0.1) is 0 Å². The molecule has 0 radical (unpaired) electrons. The topological polar surface area (TPSA) is 32.3 Å². The SMILES string of the molecule is CN(C)C(CNC(=O)c1cccc(I)c1)c1ccsc1. The third-order valence-electron chi connectivity index (χ3n) is 3.09. The van der Waals surface area contributed by atoms with E-state index in [0.717, 1.165) is 3.57 Å². The third-order valence-corrected chi connectivity index (χ3v) is 4.47. The van der Waals surface area contributed by atoms with Crippen LogP contribution in [0.2, 0.25) is 0 Å². The van der Waals surface area contributed by atoms with Gasteiger partial charge < -0.3 is 10.2 Å². The minimum Gasteiger partial charge on any atom is -0.350 e. The number of likely N-dealkylation sites (N-methyl/N-ethyl adjacent to an activating group) is 1. The maximum absolute atomic E-state index is 12.2. The molecule has 0 aliphatic rings. The Kier molecular flexibility index (Phi) is 5.56. The second-order valence-electron chi connectivity index (χ2n) is 4.76. The van der Waals surface area contributed by atoms with Gasteiger partial charge in [0.05, 0.1) is 6.04 Å². The zero-order valence-corrected chi connectivity index (χ0v) is 14.4. The molecule has 0 aliphatic heterocycles. The van der Waals surface area contributed by atoms with Crippen molar-refractivity contribution in [2.45, 2.75) is 6.04 Å². The van der Waals surface area contributed by atoms with E-state index in [1.807, 2.05) is 38.4 Å². The van der Waals surface area contributed by atoms with Crippen LogP contribution in [0.25, 0.3) is 0 Å². The molecule has 106 valence electrons. The smallest absolute Gasteiger partial charge is 0.251 e. The second-order valence-corrected chi connectivity index (χ2v) is 6.78. The van der Waals surface area contributed by atoms with Gasteiger partial charge in [-0.1, -0.05) is 6.07 Å². The summed E-state index contributed by atoms with van der Waals surface area (Å²) in [5.41, 5.74) is 1.95. The van der Waals surface area contributed by atoms with Crippen molar-refractivity contribution in [3.8, 4) is 0 Å². The number of amides is 1. The molecule has 3 nitrogen and oxygen atoms in total. The molecule has 2 aromatic rings. The van der Waals surface area contributed by atoms with E-state index in [2.05, 4.69) is 49.6 Å². The van der Waals surface area contributed by atoms with Crippen LogP contribution in [0, 0.1) is 3.57 Å². The van der Waals surface area contributed by atoms with Gasteiger partial charge in [0.2, 0.25) is 0 Å². The number of carbonyl (C=O) groups excluding carboxylic acids is 1. The van der Waals surface area contributed by atoms with Crippen LogP contribution in [-0.2, 0) is 0 Å². The lowest BCUT2D eigenvalue weighted by Gasteiger charge is -2.24. The average molecular weight is 400 g/mol. The van der Waals surface area contributed by atoms with Gasteiger partial charge >= 0.3 is 0 Å². The zero-order valence-electron chi connectivity index (χ0n) is 11.5. The van der Waals surface area contributed by atoms with E-state index in [-0.39, 0.29) is 11.9 Å². The van der Waals surface area contributed by atoms with Crippen LogP contribution in [0.4, 0.5) is 0 Å². The summed E-state index contributed by atoms with van der Waals surface area (Å²) in [7, 11) is 4.06. The summed E-state index contributed by atoms with van der Waals surface area (Å²) in [4.78, 5) is 14.3. The first-order valence-corrected chi connectivity index (χ1v) is 8.32. The normalized spacial score (nSPS) is 12.4. The Bertz CT molecular complexity index is 569. The number of nitrogens with zero attached hydrogens (tertiary/aromatic N) is 1. The summed E-state index contributed by atoms with van der Waals surface area (Å²) in [6.45, 7) is 0.605. The molecular formula is C15H17IN2OS. The summed E-state index contributed by atoms with van der Waals surface area (Å²) in [5.74, 6) is -0.0226. The number of halogens is 1. The Morgan fingerprint density at radius 2 is 2.20 bits per heavy atom. The van der Waals surface area contributed by atoms with E-state index in [0.29, 0.717) is 12.1 Å². The predicted molar refractivity (Wildman–Crippen MR) is 92.2 cm³/mol. The van der Waals surface area contributed by atoms with E-state index in [4.69, 9.17) is 0 Å². The first kappa shape index (κ1) is 15.5. The van der Waals surface area contributed by atoms with Crippen LogP contribution in [-0.4, -0.2) is 31.4 Å². The summed E-state index contributed by atoms with van der Waals surface area (Å²) < 4.78 is 1.07. The molecule has 20 heavy (non-hydrogen) atoms. The number of rotatable bonds is 5. The van der Waals surface area contributed by atoms with Crippen LogP contribution in [0.5, 0.6) is 0 Å². The van der Waals surface area contributed by atoms with E-state index < -0.39 is 0 Å². The number of carbonyl (C=O) groups is 1. The maximum Gasteiger partial charge on any atom is 0.251 e. The number of hydrogen-bond acceptors (Lipinski definition) is 3. The number of thiophene rings is 1. The van der Waals surface area contributed by atoms with Gasteiger partial charge in [0.25, 0.3) is 5.91 Å². The summed E-state index contributed by atoms with van der Waals surface area (Å²) in [6, 6.07) is 9.92. The van der Waals surface area contributed by atoms with Crippen molar-refractivity contribution in [1.82, 2.24) is 10.2 Å². The lowest BCUT2D eigenvalue weighted by molar-refractivity contribution is 0.0942. The lowest BCUT2D eigenvalue weighted by Crippen LogP contribution is -2.34. The molecule has 1 aromatic carbocycles. The van der Waals surface area contributed by atoms with Gasteiger partial charge in [-0.2, -0.15) is 11.3 Å². The Labute approximate surface area is 137 Å². The molecule has 2 rings (SSSR count). The van der Waals surface area contributed by atoms with Crippen molar-refractivity contribution >= 4 is 39.8 Å². The second kappa shape index (κ2) is 7.19. The number of hydrogen-bond donors (Lipinski definition) is 1. The van der Waals surface area contributed by atoms with E-state index >= 15 is 0 Å². The highest BCUT2D eigenvalue weighted by molar-refractivity contribution is 14.1. The molecule has 1 amide bonds. The van der Waals surface area contributed by atoms with Crippen LogP contribution < -0.4 is 5.32 Å². The van der Waals surface area contributed by atoms with E-state index in [9.17, 15) is 4.79 Å². The molecule has 0 saturated carbocycles. The number of benzene rings is 1. The van der Waals surface area contributed by atoms with Crippen molar-refractivity contribution in [2.24, 2.45) is 0 Å². The van der Waals surface area contributed by atoms with Gasteiger partial charge in [0, 0.05) is 15.7 Å². The van der Waals surface area contributed by atoms with Crippen molar-refractivity contribution < 1.29 is 4.79 Å². The van der Waals surface area contributed by atoms with Gasteiger partial charge in [-0.3, -0.25) is 4.79 Å². The largest absolute Gasteiger partial charge is 0.350 e. The minimum atomic E-state index is -0.0226. The van der Waals surface area contributed by atoms with Gasteiger partial charge in [0.1, 0.15) is 0 Å². The Balaban J connectivity index is 2.01. The molecule has 0 fully saturated rings. The van der Waals surface area contributed by atoms with Gasteiger partial charge in [-0.25, -0.2) is 0 Å². The van der Waals surface area contributed by atoms with E-state index in [1.54, 1.807) is 11.3 Å². The fourth-order valence-corrected chi connectivity index (χ4v) is 3.23. The Morgan fingerprint density at radius 1 is 1.40 bits per heavy atom. The zero-order chi connectivity index (χ0) is 14.5. The molecule has 1 heterocycles. The van der Waals surface area contributed by atoms with Crippen molar-refractivity contribution in [2.75, 3.05) is 20.6 Å². The highest BCUT2D eigenvalue weighted by Crippen LogP contribution is 2.20. The highest BCUT2D eigenvalue weighted by Gasteiger charge is 2.16. The van der Waals surface area contributed by atoms with Crippen LogP contribution in [0.3, 0.4) is 0 Å². The molecule has 0 aliphatic carbocycles. The molecule has 1 aromatic heterocycles. The van der Waals surface area contributed by atoms with Crippen LogP contribution in [0.1, 0.15) is 22.0 Å². The average Bonchev–Trinajstić information content (AvgIpc) is 2.92. The van der Waals surface area contributed by atoms with Crippen LogP contribution in [0.15, 0.2) is 41.1 Å². The molecule has 1 atom stereocenters. The quantitative estimate of drug-likeness (QED) is 0.781. The fourth-order valence-electron chi connectivity index (χ4n) is 1.98. The molecule has 1 N–H and O–H groups in total. The highest BCUT2D eigenvalue weighted by atomic mass is 127. The summed E-state index contributed by atoms with van der Waals surface area (Å²) in [5, 5.41) is 7.21. The molecule has 0 spiro atoms. The first-order chi connectivity index (χ1) is 9.58. The Morgan fingerprint density at radius 3 is 2.80 bits per heavy atom. The molecule has 0 bridgehead atoms. The summed E-state index contributed by atoms with van der Waals surface area (Å²) in [6.07, 6.45) is 0. The fraction of sp³-hybridized carbons (Fsp3) is 0.267. The standard InChI is InChI=1S/C15H17IN2OS/c1-18(2)14(12-6-7-20-10-12)9-17-15(19)11-4-3-5-13(16)8-11/h3-8,10,14H,9H2,1-2H3,(H,17,19). The van der Waals surface area contributed by atoms with Gasteiger partial charge in [-0.05, 0) is 77.3 Å². The monoisotopic (exact) mass is 400 g/mol. The van der Waals surface area contributed by atoms with E-state index in [1.165, 1.54) is 5.56 Å². The van der Waals surface area contributed by atoms with Gasteiger partial charge in [0.15, 0.2) is 0 Å². The summed E-state index contributed by atoms with van der Waals surface area (Å²) >= 11 is 3.89. The molecule has 1 unspecified atom stereocenters. The molecule has 0 saturated heterocycles. The molecule has 5 heteroatoms. The third kappa shape index (κ3) is 4.04. The van der Waals surface area contributed by atoms with Crippen LogP contribution >= 0.6 is 33.9 Å². The first-order valence-electron chi connectivity index (χ1n) is 6.30. The lowest BCUT2D eigenvalue weighted by atomic mass is 10.1. The van der Waals surface area contributed by atoms with Crippen molar-refractivity contribution in [1.29, 1.82) is 0 Å². The minimum absolute atomic E-state index is 0.0226. The van der Waals surface area contributed by atoms with Crippen molar-refractivity contribution in [3.05, 3.63) is 55.8 Å². The number of nitrogens with one attached hydrogen (secondary N) is 1. The van der Waals surface area contributed by atoms with Crippen molar-refractivity contribution in [3.63, 3.8) is 0 Å². The molecular weight excluding hydrogens is 383 g/mol. The maximum atomic E-state index is 12.2. The predicted octanol–water partition coefficient (Wildman–Crippen LogP) is 3.39.